The van der Waals surface area contributed by atoms with Gasteiger partial charge in [-0.1, -0.05) is 54.6 Å². The van der Waals surface area contributed by atoms with E-state index in [1.165, 1.54) is 13.0 Å². The Bertz CT molecular complexity index is 1250. The number of rotatable bonds is 8. The normalized spacial score (nSPS) is 11.9. The van der Waals surface area contributed by atoms with Crippen molar-refractivity contribution in [1.29, 1.82) is 0 Å². The molecule has 0 spiro atoms. The van der Waals surface area contributed by atoms with Gasteiger partial charge in [-0.2, -0.15) is 0 Å². The number of thioether (sulfide) groups is 1. The Balaban J connectivity index is 1.46. The highest BCUT2D eigenvalue weighted by atomic mass is 32.2. The first-order valence-corrected chi connectivity index (χ1v) is 11.3. The zero-order chi connectivity index (χ0) is 22.5. The number of aromatic amines is 1. The first-order valence-electron chi connectivity index (χ1n) is 10.3. The summed E-state index contributed by atoms with van der Waals surface area (Å²) in [5.74, 6) is -0.788. The van der Waals surface area contributed by atoms with Crippen LogP contribution in [0.15, 0.2) is 83.9 Å². The standard InChI is InChI=1S/C26H23FN2O2S/c1-17(30)19-11-12-25(23(27)13-19)32-16-26(31)29-14-21(18-7-3-2-4-8-18)22-15-28-24-10-6-5-9-20(22)24/h2-13,15,21,28H,14,16H2,1H3,(H,29,31). The van der Waals surface area contributed by atoms with Gasteiger partial charge in [-0.3, -0.25) is 9.59 Å². The average Bonchev–Trinajstić information content (AvgIpc) is 3.23. The summed E-state index contributed by atoms with van der Waals surface area (Å²) >= 11 is 1.12. The van der Waals surface area contributed by atoms with Crippen LogP contribution in [0.4, 0.5) is 4.39 Å². The number of aromatic nitrogens is 1. The minimum atomic E-state index is -0.489. The van der Waals surface area contributed by atoms with Crippen molar-refractivity contribution in [3.8, 4) is 0 Å². The number of ketones is 1. The molecule has 0 bridgehead atoms. The number of fused-ring (bicyclic) bond motifs is 1. The van der Waals surface area contributed by atoms with Gasteiger partial charge in [0.25, 0.3) is 0 Å². The van der Waals surface area contributed by atoms with E-state index in [4.69, 9.17) is 0 Å². The van der Waals surface area contributed by atoms with E-state index in [0.29, 0.717) is 17.0 Å². The number of carbonyl (C=O) groups excluding carboxylic acids is 2. The lowest BCUT2D eigenvalue weighted by Crippen LogP contribution is -2.30. The molecule has 0 aliphatic heterocycles. The van der Waals surface area contributed by atoms with Crippen molar-refractivity contribution in [3.05, 3.63) is 102 Å². The fourth-order valence-corrected chi connectivity index (χ4v) is 4.47. The van der Waals surface area contributed by atoms with Crippen LogP contribution < -0.4 is 5.32 Å². The number of hydrogen-bond acceptors (Lipinski definition) is 3. The largest absolute Gasteiger partial charge is 0.361 e. The third-order valence-electron chi connectivity index (χ3n) is 5.40. The molecule has 1 atom stereocenters. The van der Waals surface area contributed by atoms with Gasteiger partial charge in [-0.25, -0.2) is 4.39 Å². The lowest BCUT2D eigenvalue weighted by Gasteiger charge is -2.18. The Morgan fingerprint density at radius 3 is 2.53 bits per heavy atom. The van der Waals surface area contributed by atoms with Crippen LogP contribution in [-0.4, -0.2) is 29.0 Å². The average molecular weight is 447 g/mol. The van der Waals surface area contributed by atoms with Crippen molar-refractivity contribution in [1.82, 2.24) is 10.3 Å². The molecule has 0 saturated carbocycles. The molecule has 1 unspecified atom stereocenters. The van der Waals surface area contributed by atoms with E-state index in [1.807, 2.05) is 42.6 Å². The first-order chi connectivity index (χ1) is 15.5. The van der Waals surface area contributed by atoms with Crippen LogP contribution >= 0.6 is 11.8 Å². The molecule has 0 aliphatic carbocycles. The third-order valence-corrected chi connectivity index (χ3v) is 6.45. The molecule has 162 valence electrons. The fraction of sp³-hybridized carbons (Fsp3) is 0.154. The second-order valence-electron chi connectivity index (χ2n) is 7.55. The first kappa shape index (κ1) is 21.8. The molecule has 4 aromatic rings. The zero-order valence-corrected chi connectivity index (χ0v) is 18.4. The lowest BCUT2D eigenvalue weighted by molar-refractivity contribution is -0.118. The van der Waals surface area contributed by atoms with Gasteiger partial charge in [-0.15, -0.1) is 11.8 Å². The van der Waals surface area contributed by atoms with Crippen molar-refractivity contribution in [3.63, 3.8) is 0 Å². The molecular weight excluding hydrogens is 423 g/mol. The number of hydrogen-bond donors (Lipinski definition) is 2. The van der Waals surface area contributed by atoms with Gasteiger partial charge >= 0.3 is 0 Å². The Labute approximate surface area is 190 Å². The Morgan fingerprint density at radius 2 is 1.78 bits per heavy atom. The van der Waals surface area contributed by atoms with Gasteiger partial charge in [0.15, 0.2) is 5.78 Å². The van der Waals surface area contributed by atoms with E-state index < -0.39 is 5.82 Å². The summed E-state index contributed by atoms with van der Waals surface area (Å²) in [5.41, 5.74) is 3.59. The van der Waals surface area contributed by atoms with Gasteiger partial charge in [0.1, 0.15) is 5.82 Å². The molecule has 6 heteroatoms. The predicted molar refractivity (Wildman–Crippen MR) is 127 cm³/mol. The third kappa shape index (κ3) is 4.92. The maximum absolute atomic E-state index is 14.2. The zero-order valence-electron chi connectivity index (χ0n) is 17.6. The highest BCUT2D eigenvalue weighted by molar-refractivity contribution is 8.00. The minimum Gasteiger partial charge on any atom is -0.361 e. The summed E-state index contributed by atoms with van der Waals surface area (Å²) in [6, 6.07) is 22.5. The van der Waals surface area contributed by atoms with Gasteiger partial charge < -0.3 is 10.3 Å². The maximum Gasteiger partial charge on any atom is 0.230 e. The number of carbonyl (C=O) groups is 2. The molecule has 4 nitrogen and oxygen atoms in total. The number of para-hydroxylation sites is 1. The number of benzene rings is 3. The number of halogens is 1. The second-order valence-corrected chi connectivity index (χ2v) is 8.56. The molecule has 1 amide bonds. The van der Waals surface area contributed by atoms with Crippen LogP contribution in [0, 0.1) is 5.82 Å². The van der Waals surface area contributed by atoms with Gasteiger partial charge in [0, 0.05) is 40.0 Å². The smallest absolute Gasteiger partial charge is 0.230 e. The Hall–Kier alpha value is -3.38. The molecule has 4 rings (SSSR count). The highest BCUT2D eigenvalue weighted by Crippen LogP contribution is 2.30. The van der Waals surface area contributed by atoms with Gasteiger partial charge in [0.2, 0.25) is 5.91 Å². The summed E-state index contributed by atoms with van der Waals surface area (Å²) in [7, 11) is 0. The van der Waals surface area contributed by atoms with E-state index in [9.17, 15) is 14.0 Å². The maximum atomic E-state index is 14.2. The highest BCUT2D eigenvalue weighted by Gasteiger charge is 2.19. The molecule has 1 aromatic heterocycles. The van der Waals surface area contributed by atoms with Crippen LogP contribution in [-0.2, 0) is 4.79 Å². The molecule has 3 aromatic carbocycles. The van der Waals surface area contributed by atoms with E-state index in [0.717, 1.165) is 33.8 Å². The molecule has 1 heterocycles. The van der Waals surface area contributed by atoms with Crippen LogP contribution in [0.25, 0.3) is 10.9 Å². The number of Topliss-reactive ketones (excluding diaryl/α,β-unsaturated/α-hetero) is 1. The van der Waals surface area contributed by atoms with E-state index in [1.54, 1.807) is 12.1 Å². The van der Waals surface area contributed by atoms with E-state index in [-0.39, 0.29) is 23.4 Å². The SMILES string of the molecule is CC(=O)c1ccc(SCC(=O)NCC(c2ccccc2)c2c[nH]c3ccccc23)c(F)c1. The predicted octanol–water partition coefficient (Wildman–Crippen LogP) is 5.55. The fourth-order valence-electron chi connectivity index (χ4n) is 3.72. The van der Waals surface area contributed by atoms with E-state index in [2.05, 4.69) is 28.5 Å². The summed E-state index contributed by atoms with van der Waals surface area (Å²) in [6.45, 7) is 1.82. The van der Waals surface area contributed by atoms with E-state index >= 15 is 0 Å². The minimum absolute atomic E-state index is 0.0205. The van der Waals surface area contributed by atoms with Crippen LogP contribution in [0.2, 0.25) is 0 Å². The summed E-state index contributed by atoms with van der Waals surface area (Å²) < 4.78 is 14.2. The molecule has 0 fully saturated rings. The Kier molecular flexibility index (Phi) is 6.71. The van der Waals surface area contributed by atoms with Crippen LogP contribution in [0.1, 0.15) is 34.3 Å². The topological polar surface area (TPSA) is 62.0 Å². The summed E-state index contributed by atoms with van der Waals surface area (Å²) in [5, 5.41) is 4.13. The monoisotopic (exact) mass is 446 g/mol. The molecule has 2 N–H and O–H groups in total. The summed E-state index contributed by atoms with van der Waals surface area (Å²) in [6.07, 6.45) is 2.00. The van der Waals surface area contributed by atoms with Crippen molar-refractivity contribution < 1.29 is 14.0 Å². The van der Waals surface area contributed by atoms with Crippen LogP contribution in [0.3, 0.4) is 0 Å². The van der Waals surface area contributed by atoms with Crippen molar-refractivity contribution in [2.75, 3.05) is 12.3 Å². The van der Waals surface area contributed by atoms with Crippen LogP contribution in [0.5, 0.6) is 0 Å². The number of amides is 1. The summed E-state index contributed by atoms with van der Waals surface area (Å²) in [4.78, 5) is 27.6. The molecule has 0 saturated heterocycles. The molecule has 32 heavy (non-hydrogen) atoms. The van der Waals surface area contributed by atoms with Gasteiger partial charge in [0.05, 0.1) is 5.75 Å². The van der Waals surface area contributed by atoms with Crippen molar-refractivity contribution >= 4 is 34.4 Å². The number of H-pyrrole nitrogens is 1. The molecule has 0 aliphatic rings. The van der Waals surface area contributed by atoms with Gasteiger partial charge in [-0.05, 0) is 36.2 Å². The van der Waals surface area contributed by atoms with Crippen molar-refractivity contribution in [2.45, 2.75) is 17.7 Å². The van der Waals surface area contributed by atoms with Crippen molar-refractivity contribution in [2.24, 2.45) is 0 Å². The lowest BCUT2D eigenvalue weighted by atomic mass is 9.91. The second kappa shape index (κ2) is 9.83. The number of nitrogens with one attached hydrogen (secondary N) is 2. The quantitative estimate of drug-likeness (QED) is 0.276. The molecule has 0 radical (unpaired) electrons. The molecular formula is C26H23FN2O2S. The Morgan fingerprint density at radius 1 is 1.03 bits per heavy atom.